The summed E-state index contributed by atoms with van der Waals surface area (Å²) in [6.07, 6.45) is -0.578. The van der Waals surface area contributed by atoms with Crippen molar-refractivity contribution in [2.75, 3.05) is 31.5 Å². The zero-order chi connectivity index (χ0) is 27.3. The number of aliphatic hydroxyl groups is 1. The van der Waals surface area contributed by atoms with Gasteiger partial charge in [0.1, 0.15) is 6.10 Å². The number of nitrogens with zero attached hydrogens (tertiary/aromatic N) is 2. The summed E-state index contributed by atoms with van der Waals surface area (Å²) < 4.78 is 35.1. The number of likely N-dealkylation sites (N-methyl/N-ethyl adjacent to an activating group) is 1. The van der Waals surface area contributed by atoms with E-state index in [2.05, 4.69) is 10.0 Å². The molecule has 3 N–H and O–H groups in total. The Balaban J connectivity index is 2.05. The molecular weight excluding hydrogens is 496 g/mol. The largest absolute Gasteiger partial charge is 0.485 e. The summed E-state index contributed by atoms with van der Waals surface area (Å²) in [6.45, 7) is 7.59. The molecule has 0 unspecified atom stereocenters. The SMILES string of the molecule is CC(C)NC(=O)N(C)C[C@@H]1Oc2c(NS(=O)(=O)c3ccccc3)cccc2C(=O)N([C@@H](C)CO)C[C@@H]1C. The van der Waals surface area contributed by atoms with Gasteiger partial charge in [0.25, 0.3) is 15.9 Å². The summed E-state index contributed by atoms with van der Waals surface area (Å²) in [5.74, 6) is -0.552. The molecule has 2 aromatic carbocycles. The second-order valence-electron chi connectivity index (χ2n) is 9.71. The van der Waals surface area contributed by atoms with Gasteiger partial charge in [0, 0.05) is 25.6 Å². The van der Waals surface area contributed by atoms with Gasteiger partial charge in [-0.25, -0.2) is 13.2 Å². The van der Waals surface area contributed by atoms with Crippen LogP contribution in [0.25, 0.3) is 0 Å². The van der Waals surface area contributed by atoms with Crippen LogP contribution in [0.2, 0.25) is 0 Å². The van der Waals surface area contributed by atoms with Crippen LogP contribution in [0.15, 0.2) is 53.4 Å². The van der Waals surface area contributed by atoms with Gasteiger partial charge in [0.2, 0.25) is 0 Å². The van der Waals surface area contributed by atoms with Crippen molar-refractivity contribution in [1.82, 2.24) is 15.1 Å². The Hall–Kier alpha value is -3.31. The Morgan fingerprint density at radius 2 is 1.84 bits per heavy atom. The first-order chi connectivity index (χ1) is 17.4. The molecule has 37 heavy (non-hydrogen) atoms. The molecule has 0 radical (unpaired) electrons. The minimum absolute atomic E-state index is 0.0520. The molecule has 202 valence electrons. The Morgan fingerprint density at radius 3 is 2.46 bits per heavy atom. The third-order valence-corrected chi connectivity index (χ3v) is 7.58. The number of carbonyl (C=O) groups is 2. The van der Waals surface area contributed by atoms with Crippen molar-refractivity contribution in [2.24, 2.45) is 5.92 Å². The van der Waals surface area contributed by atoms with E-state index in [1.807, 2.05) is 20.8 Å². The minimum Gasteiger partial charge on any atom is -0.485 e. The number of amides is 3. The monoisotopic (exact) mass is 532 g/mol. The molecule has 3 atom stereocenters. The Kier molecular flexibility index (Phi) is 9.03. The molecule has 10 nitrogen and oxygen atoms in total. The Morgan fingerprint density at radius 1 is 1.16 bits per heavy atom. The maximum absolute atomic E-state index is 13.6. The molecule has 0 saturated carbocycles. The molecule has 0 spiro atoms. The first kappa shape index (κ1) is 28.3. The standard InChI is InChI=1S/C26H36N4O6S/c1-17(2)27-26(33)29(5)15-23-18(3)14-30(19(4)16-31)25(32)21-12-9-13-22(24(21)36-23)28-37(34,35)20-10-7-6-8-11-20/h6-13,17-19,23,28,31H,14-16H2,1-5H3,(H,27,33)/t18-,19-,23-/m0/s1. The number of fused-ring (bicyclic) bond motifs is 1. The van der Waals surface area contributed by atoms with Crippen LogP contribution >= 0.6 is 0 Å². The van der Waals surface area contributed by atoms with E-state index in [0.717, 1.165) is 0 Å². The molecule has 0 fully saturated rings. The fraction of sp³-hybridized carbons (Fsp3) is 0.462. The third kappa shape index (κ3) is 6.72. The van der Waals surface area contributed by atoms with E-state index in [1.165, 1.54) is 23.1 Å². The molecule has 3 amide bonds. The lowest BCUT2D eigenvalue weighted by Gasteiger charge is -2.38. The number of para-hydroxylation sites is 1. The Bertz CT molecular complexity index is 1200. The number of hydrogen-bond donors (Lipinski definition) is 3. The molecule has 0 aliphatic carbocycles. The van der Waals surface area contributed by atoms with Gasteiger partial charge >= 0.3 is 6.03 Å². The summed E-state index contributed by atoms with van der Waals surface area (Å²) >= 11 is 0. The molecule has 1 aliphatic heterocycles. The highest BCUT2D eigenvalue weighted by atomic mass is 32.2. The molecule has 3 rings (SSSR count). The zero-order valence-corrected chi connectivity index (χ0v) is 22.7. The number of hydrogen-bond acceptors (Lipinski definition) is 6. The van der Waals surface area contributed by atoms with Crippen molar-refractivity contribution in [3.63, 3.8) is 0 Å². The second-order valence-corrected chi connectivity index (χ2v) is 11.4. The molecule has 0 aromatic heterocycles. The van der Waals surface area contributed by atoms with Crippen molar-refractivity contribution >= 4 is 27.6 Å². The summed E-state index contributed by atoms with van der Waals surface area (Å²) in [5.41, 5.74) is 0.277. The van der Waals surface area contributed by atoms with E-state index in [4.69, 9.17) is 4.74 Å². The summed E-state index contributed by atoms with van der Waals surface area (Å²) in [4.78, 5) is 29.3. The quantitative estimate of drug-likeness (QED) is 0.480. The van der Waals surface area contributed by atoms with Crippen molar-refractivity contribution in [3.8, 4) is 5.75 Å². The van der Waals surface area contributed by atoms with Gasteiger partial charge in [0.15, 0.2) is 5.75 Å². The van der Waals surface area contributed by atoms with Crippen LogP contribution in [0.3, 0.4) is 0 Å². The number of carbonyl (C=O) groups excluding carboxylic acids is 2. The van der Waals surface area contributed by atoms with Crippen LogP contribution in [0.5, 0.6) is 5.75 Å². The van der Waals surface area contributed by atoms with Crippen LogP contribution in [0.1, 0.15) is 38.1 Å². The fourth-order valence-electron chi connectivity index (χ4n) is 4.05. The highest BCUT2D eigenvalue weighted by Crippen LogP contribution is 2.36. The number of urea groups is 1. The predicted molar refractivity (Wildman–Crippen MR) is 141 cm³/mol. The third-order valence-electron chi connectivity index (χ3n) is 6.20. The van der Waals surface area contributed by atoms with Gasteiger partial charge in [-0.2, -0.15) is 0 Å². The van der Waals surface area contributed by atoms with Gasteiger partial charge < -0.3 is 25.0 Å². The lowest BCUT2D eigenvalue weighted by Crippen LogP contribution is -2.51. The normalized spacial score (nSPS) is 18.8. The zero-order valence-electron chi connectivity index (χ0n) is 21.8. The number of nitrogens with one attached hydrogen (secondary N) is 2. The van der Waals surface area contributed by atoms with Gasteiger partial charge in [-0.05, 0) is 45.0 Å². The van der Waals surface area contributed by atoms with E-state index >= 15 is 0 Å². The second kappa shape index (κ2) is 11.8. The van der Waals surface area contributed by atoms with Crippen LogP contribution < -0.4 is 14.8 Å². The average Bonchev–Trinajstić information content (AvgIpc) is 2.85. The van der Waals surface area contributed by atoms with Crippen molar-refractivity contribution in [1.29, 1.82) is 0 Å². The average molecular weight is 533 g/mol. The summed E-state index contributed by atoms with van der Waals surface area (Å²) in [6, 6.07) is 11.8. The number of sulfonamides is 1. The lowest BCUT2D eigenvalue weighted by atomic mass is 9.99. The molecule has 11 heteroatoms. The number of ether oxygens (including phenoxy) is 1. The van der Waals surface area contributed by atoms with Crippen LogP contribution in [-0.2, 0) is 10.0 Å². The molecule has 2 aromatic rings. The van der Waals surface area contributed by atoms with Crippen LogP contribution in [0.4, 0.5) is 10.5 Å². The van der Waals surface area contributed by atoms with Gasteiger partial charge in [0.05, 0.1) is 35.3 Å². The highest BCUT2D eigenvalue weighted by molar-refractivity contribution is 7.92. The molecular formula is C26H36N4O6S. The number of aliphatic hydroxyl groups excluding tert-OH is 1. The van der Waals surface area contributed by atoms with Crippen LogP contribution in [0, 0.1) is 5.92 Å². The van der Waals surface area contributed by atoms with E-state index in [1.54, 1.807) is 49.2 Å². The maximum atomic E-state index is 13.6. The van der Waals surface area contributed by atoms with Gasteiger partial charge in [-0.15, -0.1) is 0 Å². The Labute approximate surface area is 218 Å². The van der Waals surface area contributed by atoms with Crippen molar-refractivity contribution in [3.05, 3.63) is 54.1 Å². The minimum atomic E-state index is -3.97. The molecule has 1 aliphatic rings. The predicted octanol–water partition coefficient (Wildman–Crippen LogP) is 2.76. The summed E-state index contributed by atoms with van der Waals surface area (Å²) in [5, 5.41) is 12.7. The smallest absolute Gasteiger partial charge is 0.317 e. The number of benzene rings is 2. The van der Waals surface area contributed by atoms with E-state index in [9.17, 15) is 23.1 Å². The fourth-order valence-corrected chi connectivity index (χ4v) is 5.14. The summed E-state index contributed by atoms with van der Waals surface area (Å²) in [7, 11) is -2.32. The lowest BCUT2D eigenvalue weighted by molar-refractivity contribution is 0.0369. The molecule has 0 bridgehead atoms. The first-order valence-electron chi connectivity index (χ1n) is 12.3. The number of anilines is 1. The molecule has 0 saturated heterocycles. The van der Waals surface area contributed by atoms with Gasteiger partial charge in [-0.1, -0.05) is 31.2 Å². The molecule has 1 heterocycles. The first-order valence-corrected chi connectivity index (χ1v) is 13.7. The van der Waals surface area contributed by atoms with E-state index < -0.39 is 22.2 Å². The van der Waals surface area contributed by atoms with Gasteiger partial charge in [-0.3, -0.25) is 9.52 Å². The van der Waals surface area contributed by atoms with E-state index in [0.29, 0.717) is 0 Å². The van der Waals surface area contributed by atoms with Crippen LogP contribution in [-0.4, -0.2) is 80.2 Å². The number of rotatable bonds is 8. The topological polar surface area (TPSA) is 128 Å². The van der Waals surface area contributed by atoms with Crippen molar-refractivity contribution in [2.45, 2.75) is 50.8 Å². The van der Waals surface area contributed by atoms with E-state index in [-0.39, 0.29) is 65.5 Å². The maximum Gasteiger partial charge on any atom is 0.317 e. The highest BCUT2D eigenvalue weighted by Gasteiger charge is 2.35. The van der Waals surface area contributed by atoms with Crippen molar-refractivity contribution < 1.29 is 27.9 Å².